The van der Waals surface area contributed by atoms with Gasteiger partial charge in [0.2, 0.25) is 5.82 Å². The minimum absolute atomic E-state index is 0.152. The molecule has 0 aliphatic carbocycles. The van der Waals surface area contributed by atoms with Gasteiger partial charge in [-0.1, -0.05) is 20.8 Å². The van der Waals surface area contributed by atoms with Crippen LogP contribution in [0.5, 0.6) is 0 Å². The van der Waals surface area contributed by atoms with E-state index in [1.807, 2.05) is 38.6 Å². The SMILES string of the molecule is Cn1ccnc1CNC(=O)c1n[nH]c(C(C)(C)C)n1. The lowest BCUT2D eigenvalue weighted by molar-refractivity contribution is 0.0939. The largest absolute Gasteiger partial charge is 0.342 e. The van der Waals surface area contributed by atoms with Crippen LogP contribution >= 0.6 is 0 Å². The quantitative estimate of drug-likeness (QED) is 0.855. The number of aromatic amines is 1. The van der Waals surface area contributed by atoms with E-state index in [1.165, 1.54) is 0 Å². The predicted octanol–water partition coefficient (Wildman–Crippen LogP) is 0.766. The number of carbonyl (C=O) groups excluding carboxylic acids is 1. The Morgan fingerprint density at radius 2 is 2.21 bits per heavy atom. The first-order chi connectivity index (χ1) is 8.88. The molecule has 2 heterocycles. The Kier molecular flexibility index (Phi) is 3.37. The molecule has 2 aromatic heterocycles. The van der Waals surface area contributed by atoms with Gasteiger partial charge in [-0.2, -0.15) is 0 Å². The van der Waals surface area contributed by atoms with Crippen molar-refractivity contribution in [2.24, 2.45) is 7.05 Å². The molecule has 19 heavy (non-hydrogen) atoms. The molecule has 0 atom stereocenters. The van der Waals surface area contributed by atoms with Crippen LogP contribution in [0, 0.1) is 0 Å². The highest BCUT2D eigenvalue weighted by atomic mass is 16.2. The summed E-state index contributed by atoms with van der Waals surface area (Å²) in [6, 6.07) is 0. The zero-order valence-corrected chi connectivity index (χ0v) is 11.6. The minimum atomic E-state index is -0.310. The van der Waals surface area contributed by atoms with E-state index in [2.05, 4.69) is 25.5 Å². The van der Waals surface area contributed by atoms with Crippen LogP contribution in [0.1, 0.15) is 43.0 Å². The molecule has 0 saturated carbocycles. The van der Waals surface area contributed by atoms with Crippen LogP contribution in [0.25, 0.3) is 0 Å². The normalized spacial score (nSPS) is 11.6. The average Bonchev–Trinajstić information content (AvgIpc) is 2.93. The number of amides is 1. The standard InChI is InChI=1S/C12H18N6O/c1-12(2,3)11-15-9(16-17-11)10(19)14-7-8-13-5-6-18(8)4/h5-6H,7H2,1-4H3,(H,14,19)(H,15,16,17). The Morgan fingerprint density at radius 3 is 2.74 bits per heavy atom. The number of aryl methyl sites for hydroxylation is 1. The van der Waals surface area contributed by atoms with Crippen LogP contribution in [0.2, 0.25) is 0 Å². The highest BCUT2D eigenvalue weighted by Gasteiger charge is 2.21. The first-order valence-corrected chi connectivity index (χ1v) is 6.05. The van der Waals surface area contributed by atoms with Crippen molar-refractivity contribution in [1.29, 1.82) is 0 Å². The van der Waals surface area contributed by atoms with Gasteiger partial charge in [0.15, 0.2) is 0 Å². The number of hydrogen-bond acceptors (Lipinski definition) is 4. The third kappa shape index (κ3) is 2.98. The lowest BCUT2D eigenvalue weighted by Gasteiger charge is -2.12. The van der Waals surface area contributed by atoms with Crippen LogP contribution in [0.4, 0.5) is 0 Å². The maximum Gasteiger partial charge on any atom is 0.291 e. The number of hydrogen-bond donors (Lipinski definition) is 2. The number of rotatable bonds is 3. The topological polar surface area (TPSA) is 88.5 Å². The van der Waals surface area contributed by atoms with Crippen molar-refractivity contribution >= 4 is 5.91 Å². The first kappa shape index (κ1) is 13.3. The molecule has 0 radical (unpaired) electrons. The molecule has 2 N–H and O–H groups in total. The molecule has 2 rings (SSSR count). The van der Waals surface area contributed by atoms with Crippen LogP contribution in [-0.2, 0) is 19.0 Å². The summed E-state index contributed by atoms with van der Waals surface area (Å²) >= 11 is 0. The predicted molar refractivity (Wildman–Crippen MR) is 69.5 cm³/mol. The molecule has 0 saturated heterocycles. The number of nitrogens with one attached hydrogen (secondary N) is 2. The third-order valence-corrected chi connectivity index (χ3v) is 2.73. The Balaban J connectivity index is 2.01. The second-order valence-corrected chi connectivity index (χ2v) is 5.39. The molecular formula is C12H18N6O. The summed E-state index contributed by atoms with van der Waals surface area (Å²) in [5, 5.41) is 9.46. The molecule has 0 spiro atoms. The van der Waals surface area contributed by atoms with E-state index in [9.17, 15) is 4.79 Å². The molecule has 102 valence electrons. The maximum atomic E-state index is 11.9. The first-order valence-electron chi connectivity index (χ1n) is 6.05. The van der Waals surface area contributed by atoms with E-state index in [4.69, 9.17) is 0 Å². The van der Waals surface area contributed by atoms with Crippen molar-refractivity contribution < 1.29 is 4.79 Å². The van der Waals surface area contributed by atoms with Crippen molar-refractivity contribution in [3.63, 3.8) is 0 Å². The second-order valence-electron chi connectivity index (χ2n) is 5.39. The molecule has 0 fully saturated rings. The fraction of sp³-hybridized carbons (Fsp3) is 0.500. The molecule has 0 unspecified atom stereocenters. The van der Waals surface area contributed by atoms with Crippen LogP contribution in [-0.4, -0.2) is 30.6 Å². The molecule has 0 aliphatic rings. The average molecular weight is 262 g/mol. The van der Waals surface area contributed by atoms with Crippen molar-refractivity contribution in [2.75, 3.05) is 0 Å². The third-order valence-electron chi connectivity index (χ3n) is 2.73. The van der Waals surface area contributed by atoms with Gasteiger partial charge in [-0.25, -0.2) is 9.97 Å². The molecule has 0 aromatic carbocycles. The molecule has 1 amide bonds. The lowest BCUT2D eigenvalue weighted by Crippen LogP contribution is -2.25. The summed E-state index contributed by atoms with van der Waals surface area (Å²) in [6.45, 7) is 6.36. The van der Waals surface area contributed by atoms with Gasteiger partial charge in [0.05, 0.1) is 6.54 Å². The minimum Gasteiger partial charge on any atom is -0.342 e. The zero-order chi connectivity index (χ0) is 14.0. The van der Waals surface area contributed by atoms with Gasteiger partial charge < -0.3 is 9.88 Å². The second kappa shape index (κ2) is 4.83. The fourth-order valence-electron chi connectivity index (χ4n) is 1.50. The van der Waals surface area contributed by atoms with Crippen LogP contribution in [0.3, 0.4) is 0 Å². The van der Waals surface area contributed by atoms with E-state index in [0.717, 1.165) is 5.82 Å². The van der Waals surface area contributed by atoms with E-state index in [0.29, 0.717) is 12.4 Å². The maximum absolute atomic E-state index is 11.9. The highest BCUT2D eigenvalue weighted by molar-refractivity contribution is 5.90. The summed E-state index contributed by atoms with van der Waals surface area (Å²) in [7, 11) is 1.87. The summed E-state index contributed by atoms with van der Waals surface area (Å²) in [5.41, 5.74) is -0.162. The summed E-state index contributed by atoms with van der Waals surface area (Å²) < 4.78 is 1.85. The molecule has 0 aliphatic heterocycles. The summed E-state index contributed by atoms with van der Waals surface area (Å²) in [6.07, 6.45) is 3.51. The highest BCUT2D eigenvalue weighted by Crippen LogP contribution is 2.17. The Hall–Kier alpha value is -2.18. The zero-order valence-electron chi connectivity index (χ0n) is 11.6. The van der Waals surface area contributed by atoms with E-state index in [-0.39, 0.29) is 17.1 Å². The number of H-pyrrole nitrogens is 1. The molecular weight excluding hydrogens is 244 g/mol. The molecule has 2 aromatic rings. The monoisotopic (exact) mass is 262 g/mol. The number of imidazole rings is 1. The molecule has 7 nitrogen and oxygen atoms in total. The number of carbonyl (C=O) groups is 1. The van der Waals surface area contributed by atoms with E-state index in [1.54, 1.807) is 6.20 Å². The van der Waals surface area contributed by atoms with Crippen LogP contribution in [0.15, 0.2) is 12.4 Å². The van der Waals surface area contributed by atoms with Crippen molar-refractivity contribution in [1.82, 2.24) is 30.0 Å². The van der Waals surface area contributed by atoms with Gasteiger partial charge in [0.25, 0.3) is 5.91 Å². The fourth-order valence-corrected chi connectivity index (χ4v) is 1.50. The van der Waals surface area contributed by atoms with Crippen LogP contribution < -0.4 is 5.32 Å². The van der Waals surface area contributed by atoms with Gasteiger partial charge in [-0.05, 0) is 0 Å². The van der Waals surface area contributed by atoms with Gasteiger partial charge in [-0.15, -0.1) is 5.10 Å². The summed E-state index contributed by atoms with van der Waals surface area (Å²) in [5.74, 6) is 1.31. The van der Waals surface area contributed by atoms with Gasteiger partial charge in [0, 0.05) is 24.9 Å². The molecule has 0 bridgehead atoms. The van der Waals surface area contributed by atoms with E-state index < -0.39 is 0 Å². The Bertz CT molecular complexity index is 577. The van der Waals surface area contributed by atoms with Crippen molar-refractivity contribution in [3.05, 3.63) is 29.9 Å². The smallest absolute Gasteiger partial charge is 0.291 e. The number of aromatic nitrogens is 5. The van der Waals surface area contributed by atoms with Crippen molar-refractivity contribution in [3.8, 4) is 0 Å². The van der Waals surface area contributed by atoms with Gasteiger partial charge in [-0.3, -0.25) is 9.89 Å². The Morgan fingerprint density at radius 1 is 1.47 bits per heavy atom. The lowest BCUT2D eigenvalue weighted by atomic mass is 9.96. The number of nitrogens with zero attached hydrogens (tertiary/aromatic N) is 4. The Labute approximate surface area is 111 Å². The van der Waals surface area contributed by atoms with Gasteiger partial charge >= 0.3 is 0 Å². The molecule has 7 heteroatoms. The van der Waals surface area contributed by atoms with Gasteiger partial charge in [0.1, 0.15) is 11.6 Å². The van der Waals surface area contributed by atoms with Crippen molar-refractivity contribution in [2.45, 2.75) is 32.7 Å². The van der Waals surface area contributed by atoms with E-state index >= 15 is 0 Å². The summed E-state index contributed by atoms with van der Waals surface area (Å²) in [4.78, 5) is 20.2.